The van der Waals surface area contributed by atoms with E-state index in [1.54, 1.807) is 29.1 Å². The first-order chi connectivity index (χ1) is 11.7. The number of hydrogen-bond acceptors (Lipinski definition) is 4. The largest absolute Gasteiger partial charge is 0.337 e. The number of nitrogens with zero attached hydrogens (tertiary/aromatic N) is 4. The molecule has 0 bridgehead atoms. The van der Waals surface area contributed by atoms with Crippen LogP contribution in [0, 0.1) is 22.7 Å². The van der Waals surface area contributed by atoms with Crippen molar-refractivity contribution in [3.8, 4) is 12.1 Å². The van der Waals surface area contributed by atoms with Gasteiger partial charge in [-0.1, -0.05) is 41.9 Å². The Kier molecular flexibility index (Phi) is 4.47. The second kappa shape index (κ2) is 6.87. The van der Waals surface area contributed by atoms with E-state index in [1.165, 1.54) is 0 Å². The third-order valence-corrected chi connectivity index (χ3v) is 3.84. The van der Waals surface area contributed by atoms with Gasteiger partial charge < -0.3 is 5.32 Å². The molecule has 3 aromatic rings. The van der Waals surface area contributed by atoms with Crippen molar-refractivity contribution in [2.75, 3.05) is 5.32 Å². The Morgan fingerprint density at radius 3 is 2.46 bits per heavy atom. The molecule has 0 saturated carbocycles. The van der Waals surface area contributed by atoms with Crippen LogP contribution in [0.25, 0.3) is 0 Å². The first kappa shape index (κ1) is 15.6. The Hall–Kier alpha value is -3.28. The molecule has 1 aromatic heterocycles. The SMILES string of the molecule is N#Cc1ccccc1Nc1nn(Cc2ccccc2Cl)cc1C#N. The molecule has 116 valence electrons. The van der Waals surface area contributed by atoms with Crippen molar-refractivity contribution in [2.45, 2.75) is 6.54 Å². The number of nitrogens with one attached hydrogen (secondary N) is 1. The predicted molar refractivity (Wildman–Crippen MR) is 91.9 cm³/mol. The maximum atomic E-state index is 9.32. The first-order valence-corrected chi connectivity index (χ1v) is 7.56. The second-order valence-corrected chi connectivity index (χ2v) is 5.48. The summed E-state index contributed by atoms with van der Waals surface area (Å²) in [6.45, 7) is 0.454. The van der Waals surface area contributed by atoms with Crippen LogP contribution >= 0.6 is 11.6 Å². The molecule has 2 aromatic carbocycles. The molecule has 0 spiro atoms. The molecular weight excluding hydrogens is 322 g/mol. The average Bonchev–Trinajstić information content (AvgIpc) is 2.99. The molecule has 24 heavy (non-hydrogen) atoms. The summed E-state index contributed by atoms with van der Waals surface area (Å²) in [5.41, 5.74) is 2.41. The molecule has 6 heteroatoms. The monoisotopic (exact) mass is 333 g/mol. The highest BCUT2D eigenvalue weighted by Crippen LogP contribution is 2.23. The highest BCUT2D eigenvalue weighted by molar-refractivity contribution is 6.31. The van der Waals surface area contributed by atoms with Gasteiger partial charge in [0.15, 0.2) is 5.82 Å². The summed E-state index contributed by atoms with van der Waals surface area (Å²) in [6, 6.07) is 18.8. The summed E-state index contributed by atoms with van der Waals surface area (Å²) in [5, 5.41) is 26.6. The van der Waals surface area contributed by atoms with E-state index in [9.17, 15) is 5.26 Å². The fourth-order valence-electron chi connectivity index (χ4n) is 2.29. The van der Waals surface area contributed by atoms with Crippen molar-refractivity contribution in [3.05, 3.63) is 76.4 Å². The van der Waals surface area contributed by atoms with Gasteiger partial charge in [0.2, 0.25) is 0 Å². The Balaban J connectivity index is 1.90. The highest BCUT2D eigenvalue weighted by atomic mass is 35.5. The first-order valence-electron chi connectivity index (χ1n) is 7.18. The normalized spacial score (nSPS) is 9.96. The number of halogens is 1. The molecule has 0 saturated heterocycles. The molecule has 0 amide bonds. The topological polar surface area (TPSA) is 77.4 Å². The maximum Gasteiger partial charge on any atom is 0.170 e. The highest BCUT2D eigenvalue weighted by Gasteiger charge is 2.11. The van der Waals surface area contributed by atoms with E-state index in [0.717, 1.165) is 5.56 Å². The Labute approximate surface area is 144 Å². The van der Waals surface area contributed by atoms with Crippen LogP contribution in [-0.2, 0) is 6.54 Å². The van der Waals surface area contributed by atoms with Crippen LogP contribution in [0.15, 0.2) is 54.7 Å². The lowest BCUT2D eigenvalue weighted by molar-refractivity contribution is 0.689. The van der Waals surface area contributed by atoms with Crippen molar-refractivity contribution in [2.24, 2.45) is 0 Å². The van der Waals surface area contributed by atoms with E-state index in [1.807, 2.05) is 30.3 Å². The maximum absolute atomic E-state index is 9.32. The molecule has 0 atom stereocenters. The zero-order valence-corrected chi connectivity index (χ0v) is 13.3. The summed E-state index contributed by atoms with van der Waals surface area (Å²) in [7, 11) is 0. The minimum absolute atomic E-state index is 0.398. The Bertz CT molecular complexity index is 962. The van der Waals surface area contributed by atoms with E-state index in [0.29, 0.717) is 34.2 Å². The quantitative estimate of drug-likeness (QED) is 0.780. The van der Waals surface area contributed by atoms with Gasteiger partial charge in [0.25, 0.3) is 0 Å². The van der Waals surface area contributed by atoms with E-state index in [4.69, 9.17) is 16.9 Å². The molecular formula is C18H12ClN5. The van der Waals surface area contributed by atoms with Gasteiger partial charge in [0, 0.05) is 11.2 Å². The van der Waals surface area contributed by atoms with Crippen molar-refractivity contribution in [3.63, 3.8) is 0 Å². The lowest BCUT2D eigenvalue weighted by atomic mass is 10.2. The van der Waals surface area contributed by atoms with Crippen LogP contribution in [0.1, 0.15) is 16.7 Å². The molecule has 0 aliphatic heterocycles. The lowest BCUT2D eigenvalue weighted by Crippen LogP contribution is -2.02. The number of aromatic nitrogens is 2. The van der Waals surface area contributed by atoms with Gasteiger partial charge in [0.05, 0.1) is 17.8 Å². The van der Waals surface area contributed by atoms with Crippen LogP contribution in [0.2, 0.25) is 5.02 Å². The molecule has 0 radical (unpaired) electrons. The molecule has 3 rings (SSSR count). The fraction of sp³-hybridized carbons (Fsp3) is 0.0556. The van der Waals surface area contributed by atoms with Crippen molar-refractivity contribution >= 4 is 23.1 Å². The summed E-state index contributed by atoms with van der Waals surface area (Å²) in [4.78, 5) is 0. The molecule has 5 nitrogen and oxygen atoms in total. The second-order valence-electron chi connectivity index (χ2n) is 5.07. The zero-order valence-electron chi connectivity index (χ0n) is 12.6. The van der Waals surface area contributed by atoms with Crippen LogP contribution in [0.5, 0.6) is 0 Å². The molecule has 1 N–H and O–H groups in total. The lowest BCUT2D eigenvalue weighted by Gasteiger charge is -2.06. The average molecular weight is 334 g/mol. The minimum atomic E-state index is 0.398. The van der Waals surface area contributed by atoms with Gasteiger partial charge >= 0.3 is 0 Å². The molecule has 1 heterocycles. The Morgan fingerprint density at radius 2 is 1.71 bits per heavy atom. The zero-order chi connectivity index (χ0) is 16.9. The number of benzene rings is 2. The van der Waals surface area contributed by atoms with E-state index in [2.05, 4.69) is 22.6 Å². The fourth-order valence-corrected chi connectivity index (χ4v) is 2.49. The van der Waals surface area contributed by atoms with Gasteiger partial charge in [0.1, 0.15) is 17.7 Å². The third-order valence-electron chi connectivity index (χ3n) is 3.47. The van der Waals surface area contributed by atoms with Crippen molar-refractivity contribution < 1.29 is 0 Å². The molecule has 0 fully saturated rings. The van der Waals surface area contributed by atoms with Gasteiger partial charge in [-0.2, -0.15) is 15.6 Å². The number of hydrogen-bond donors (Lipinski definition) is 1. The predicted octanol–water partition coefficient (Wildman–Crippen LogP) is 4.07. The summed E-state index contributed by atoms with van der Waals surface area (Å²) >= 11 is 6.17. The van der Waals surface area contributed by atoms with E-state index >= 15 is 0 Å². The van der Waals surface area contributed by atoms with E-state index < -0.39 is 0 Å². The molecule has 0 aliphatic carbocycles. The Morgan fingerprint density at radius 1 is 1.00 bits per heavy atom. The van der Waals surface area contributed by atoms with Crippen LogP contribution in [0.4, 0.5) is 11.5 Å². The summed E-state index contributed by atoms with van der Waals surface area (Å²) in [5.74, 6) is 0.409. The standard InChI is InChI=1S/C18H12ClN5/c19-16-7-3-1-6-14(16)11-24-12-15(10-21)18(23-24)22-17-8-4-2-5-13(17)9-20/h1-8,12H,11H2,(H,22,23). The number of nitriles is 2. The summed E-state index contributed by atoms with van der Waals surface area (Å²) < 4.78 is 1.65. The van der Waals surface area contributed by atoms with Gasteiger partial charge in [-0.3, -0.25) is 4.68 Å². The number of para-hydroxylation sites is 1. The van der Waals surface area contributed by atoms with Crippen LogP contribution in [0.3, 0.4) is 0 Å². The third kappa shape index (κ3) is 3.22. The van der Waals surface area contributed by atoms with Crippen LogP contribution < -0.4 is 5.32 Å². The van der Waals surface area contributed by atoms with Crippen LogP contribution in [-0.4, -0.2) is 9.78 Å². The van der Waals surface area contributed by atoms with Crippen molar-refractivity contribution in [1.29, 1.82) is 10.5 Å². The van der Waals surface area contributed by atoms with Gasteiger partial charge in [-0.15, -0.1) is 0 Å². The van der Waals surface area contributed by atoms with Crippen molar-refractivity contribution in [1.82, 2.24) is 9.78 Å². The smallest absolute Gasteiger partial charge is 0.170 e. The minimum Gasteiger partial charge on any atom is -0.337 e. The molecule has 0 aliphatic rings. The van der Waals surface area contributed by atoms with Gasteiger partial charge in [-0.05, 0) is 23.8 Å². The van der Waals surface area contributed by atoms with Gasteiger partial charge in [-0.25, -0.2) is 0 Å². The van der Waals surface area contributed by atoms with E-state index in [-0.39, 0.29) is 0 Å². The number of rotatable bonds is 4. The molecule has 0 unspecified atom stereocenters. The number of anilines is 2. The summed E-state index contributed by atoms with van der Waals surface area (Å²) in [6.07, 6.45) is 1.65.